The van der Waals surface area contributed by atoms with Gasteiger partial charge in [-0.15, -0.1) is 0 Å². The summed E-state index contributed by atoms with van der Waals surface area (Å²) >= 11 is 0. The lowest BCUT2D eigenvalue weighted by Crippen LogP contribution is -2.04. The summed E-state index contributed by atoms with van der Waals surface area (Å²) < 4.78 is 13.1. The van der Waals surface area contributed by atoms with Crippen molar-refractivity contribution in [3.8, 4) is 0 Å². The summed E-state index contributed by atoms with van der Waals surface area (Å²) in [4.78, 5) is 0. The van der Waals surface area contributed by atoms with Crippen LogP contribution in [0.25, 0.3) is 5.70 Å². The highest BCUT2D eigenvalue weighted by molar-refractivity contribution is 5.96. The van der Waals surface area contributed by atoms with Crippen molar-refractivity contribution >= 4 is 11.4 Å². The van der Waals surface area contributed by atoms with Crippen LogP contribution in [0.5, 0.6) is 0 Å². The zero-order valence-electron chi connectivity index (χ0n) is 9.84. The zero-order chi connectivity index (χ0) is 12.3. The maximum atomic E-state index is 13.1. The third kappa shape index (κ3) is 2.92. The van der Waals surface area contributed by atoms with E-state index in [0.717, 1.165) is 11.1 Å². The summed E-state index contributed by atoms with van der Waals surface area (Å²) in [5, 5.41) is 7.36. The van der Waals surface area contributed by atoms with Gasteiger partial charge in [0.1, 0.15) is 5.82 Å². The molecule has 0 aliphatic rings. The number of benzene rings is 1. The van der Waals surface area contributed by atoms with E-state index in [0.29, 0.717) is 11.4 Å². The number of hydrogen-bond acceptors (Lipinski definition) is 2. The van der Waals surface area contributed by atoms with Crippen LogP contribution in [0.2, 0.25) is 0 Å². The van der Waals surface area contributed by atoms with E-state index in [4.69, 9.17) is 11.1 Å². The second-order valence-corrected chi connectivity index (χ2v) is 4.17. The van der Waals surface area contributed by atoms with Crippen molar-refractivity contribution < 1.29 is 4.39 Å². The average molecular weight is 220 g/mol. The second-order valence-electron chi connectivity index (χ2n) is 4.17. The van der Waals surface area contributed by atoms with E-state index in [-0.39, 0.29) is 11.7 Å². The molecule has 0 aliphatic heterocycles. The summed E-state index contributed by atoms with van der Waals surface area (Å²) in [6, 6.07) is 4.56. The third-order valence-corrected chi connectivity index (χ3v) is 2.32. The molecule has 0 saturated carbocycles. The predicted octanol–water partition coefficient (Wildman–Crippen LogP) is 3.29. The van der Waals surface area contributed by atoms with Crippen molar-refractivity contribution in [2.24, 2.45) is 5.73 Å². The van der Waals surface area contributed by atoms with Gasteiger partial charge in [0, 0.05) is 17.0 Å². The molecule has 86 valence electrons. The molecule has 0 spiro atoms. The molecule has 0 radical (unpaired) electrons. The van der Waals surface area contributed by atoms with E-state index >= 15 is 0 Å². The van der Waals surface area contributed by atoms with Crippen LogP contribution in [-0.2, 0) is 0 Å². The summed E-state index contributed by atoms with van der Waals surface area (Å²) in [6.45, 7) is 5.64. The van der Waals surface area contributed by atoms with Crippen LogP contribution in [0.3, 0.4) is 0 Å². The molecule has 0 saturated heterocycles. The number of nitrogens with one attached hydrogen (secondary N) is 1. The Morgan fingerprint density at radius 2 is 2.06 bits per heavy atom. The first-order chi connectivity index (χ1) is 7.41. The third-order valence-electron chi connectivity index (χ3n) is 2.32. The lowest BCUT2D eigenvalue weighted by molar-refractivity contribution is 0.623. The largest absolute Gasteiger partial charge is 0.398 e. The maximum Gasteiger partial charge on any atom is 0.123 e. The van der Waals surface area contributed by atoms with Crippen molar-refractivity contribution in [1.29, 1.82) is 5.41 Å². The fourth-order valence-electron chi connectivity index (χ4n) is 1.59. The normalized spacial score (nSPS) is 11.9. The Morgan fingerprint density at radius 1 is 1.44 bits per heavy atom. The van der Waals surface area contributed by atoms with Gasteiger partial charge in [-0.3, -0.25) is 0 Å². The molecule has 0 atom stereocenters. The minimum atomic E-state index is -0.258. The molecular weight excluding hydrogens is 203 g/mol. The summed E-state index contributed by atoms with van der Waals surface area (Å²) in [5.74, 6) is -0.0597. The van der Waals surface area contributed by atoms with Crippen LogP contribution in [0.15, 0.2) is 24.3 Å². The van der Waals surface area contributed by atoms with Crippen LogP contribution in [0, 0.1) is 11.2 Å². The highest BCUT2D eigenvalue weighted by Crippen LogP contribution is 2.24. The summed E-state index contributed by atoms with van der Waals surface area (Å²) in [6.07, 6.45) is 1.58. The van der Waals surface area contributed by atoms with E-state index in [9.17, 15) is 4.39 Å². The fourth-order valence-corrected chi connectivity index (χ4v) is 1.59. The van der Waals surface area contributed by atoms with Crippen molar-refractivity contribution in [1.82, 2.24) is 0 Å². The molecule has 0 amide bonds. The van der Waals surface area contributed by atoms with Crippen LogP contribution in [0.4, 0.5) is 4.39 Å². The summed E-state index contributed by atoms with van der Waals surface area (Å²) in [5.41, 5.74) is 8.46. The minimum Gasteiger partial charge on any atom is -0.398 e. The highest BCUT2D eigenvalue weighted by Gasteiger charge is 2.09. The molecule has 0 unspecified atom stereocenters. The van der Waals surface area contributed by atoms with Crippen molar-refractivity contribution in [3.05, 3.63) is 41.2 Å². The Balaban J connectivity index is 3.28. The fraction of sp³-hybridized carbons (Fsp3) is 0.308. The van der Waals surface area contributed by atoms with Gasteiger partial charge in [-0.25, -0.2) is 4.39 Å². The molecule has 3 heteroatoms. The predicted molar refractivity (Wildman–Crippen MR) is 66.1 cm³/mol. The zero-order valence-corrected chi connectivity index (χ0v) is 9.84. The van der Waals surface area contributed by atoms with Crippen molar-refractivity contribution in [3.63, 3.8) is 0 Å². The molecular formula is C13H17FN2. The monoisotopic (exact) mass is 220 g/mol. The van der Waals surface area contributed by atoms with Gasteiger partial charge in [-0.2, -0.15) is 0 Å². The van der Waals surface area contributed by atoms with Crippen molar-refractivity contribution in [2.75, 3.05) is 0 Å². The maximum absolute atomic E-state index is 13.1. The molecule has 0 aromatic heterocycles. The first-order valence-corrected chi connectivity index (χ1v) is 5.24. The van der Waals surface area contributed by atoms with Gasteiger partial charge in [0.05, 0.1) is 0 Å². The summed E-state index contributed by atoms with van der Waals surface area (Å²) in [7, 11) is 0. The first-order valence-electron chi connectivity index (χ1n) is 5.24. The number of nitrogens with two attached hydrogens (primary N) is 1. The van der Waals surface area contributed by atoms with Gasteiger partial charge >= 0.3 is 0 Å². The van der Waals surface area contributed by atoms with Gasteiger partial charge in [0.25, 0.3) is 0 Å². The van der Waals surface area contributed by atoms with Gasteiger partial charge in [0.15, 0.2) is 0 Å². The quantitative estimate of drug-likeness (QED) is 0.754. The Hall–Kier alpha value is -1.64. The highest BCUT2D eigenvalue weighted by atomic mass is 19.1. The van der Waals surface area contributed by atoms with Crippen LogP contribution < -0.4 is 5.73 Å². The molecule has 2 nitrogen and oxygen atoms in total. The number of hydrogen-bond donors (Lipinski definition) is 2. The lowest BCUT2D eigenvalue weighted by Gasteiger charge is -2.13. The molecule has 3 N–H and O–H groups in total. The first kappa shape index (κ1) is 12.4. The second kappa shape index (κ2) is 4.92. The molecule has 0 heterocycles. The molecule has 0 aliphatic carbocycles. The van der Waals surface area contributed by atoms with Crippen LogP contribution in [0.1, 0.15) is 37.8 Å². The molecule has 1 rings (SSSR count). The van der Waals surface area contributed by atoms with Gasteiger partial charge in [-0.1, -0.05) is 13.8 Å². The number of rotatable bonds is 3. The number of allylic oxidation sites excluding steroid dienone is 1. The van der Waals surface area contributed by atoms with Crippen LogP contribution >= 0.6 is 0 Å². The van der Waals surface area contributed by atoms with Crippen LogP contribution in [-0.4, -0.2) is 5.71 Å². The van der Waals surface area contributed by atoms with Gasteiger partial charge in [-0.05, 0) is 42.7 Å². The van der Waals surface area contributed by atoms with E-state index in [1.165, 1.54) is 12.1 Å². The lowest BCUT2D eigenvalue weighted by atomic mass is 9.95. The Bertz CT molecular complexity index is 434. The molecule has 0 fully saturated rings. The average Bonchev–Trinajstić information content (AvgIpc) is 2.16. The van der Waals surface area contributed by atoms with E-state index in [2.05, 4.69) is 0 Å². The van der Waals surface area contributed by atoms with E-state index < -0.39 is 0 Å². The smallest absolute Gasteiger partial charge is 0.123 e. The van der Waals surface area contributed by atoms with Gasteiger partial charge in [0.2, 0.25) is 0 Å². The minimum absolute atomic E-state index is 0.198. The Labute approximate surface area is 95.5 Å². The number of halogens is 1. The van der Waals surface area contributed by atoms with E-state index in [1.54, 1.807) is 19.1 Å². The molecule has 1 aromatic carbocycles. The molecule has 0 bridgehead atoms. The molecule has 16 heavy (non-hydrogen) atoms. The topological polar surface area (TPSA) is 49.9 Å². The van der Waals surface area contributed by atoms with Crippen molar-refractivity contribution in [2.45, 2.75) is 26.7 Å². The van der Waals surface area contributed by atoms with Gasteiger partial charge < -0.3 is 11.1 Å². The SMILES string of the molecule is CC(=N)/C=C(\N)c1ccc(F)cc1C(C)C. The van der Waals surface area contributed by atoms with E-state index in [1.807, 2.05) is 13.8 Å². The standard InChI is InChI=1S/C13H17FN2/c1-8(2)12-7-10(14)4-5-11(12)13(16)6-9(3)15/h4-8,15H,16H2,1-3H3/b13-6-,15-9?. The Kier molecular flexibility index (Phi) is 3.82. The molecule has 1 aromatic rings. The Morgan fingerprint density at radius 3 is 2.56 bits per heavy atom.